The van der Waals surface area contributed by atoms with E-state index in [4.69, 9.17) is 0 Å². The van der Waals surface area contributed by atoms with Crippen LogP contribution in [0.4, 0.5) is 0 Å². The van der Waals surface area contributed by atoms with Gasteiger partial charge in [-0.1, -0.05) is 12.1 Å². The molecule has 3 rings (SSSR count). The molecule has 1 aromatic heterocycles. The zero-order valence-electron chi connectivity index (χ0n) is 14.1. The molecule has 134 valence electrons. The van der Waals surface area contributed by atoms with E-state index in [1.165, 1.54) is 31.2 Å². The molecule has 0 saturated heterocycles. The lowest BCUT2D eigenvalue weighted by molar-refractivity contribution is 0.0280. The van der Waals surface area contributed by atoms with Crippen LogP contribution in [-0.2, 0) is 17.1 Å². The molecular formula is C17H21N3O4S. The van der Waals surface area contributed by atoms with Crippen molar-refractivity contribution in [2.45, 2.75) is 36.8 Å². The molecule has 1 aliphatic carbocycles. The monoisotopic (exact) mass is 363 g/mol. The summed E-state index contributed by atoms with van der Waals surface area (Å²) in [6.45, 7) is 1.43. The molecule has 0 aliphatic heterocycles. The van der Waals surface area contributed by atoms with Crippen LogP contribution in [0.2, 0.25) is 0 Å². The van der Waals surface area contributed by atoms with Crippen LogP contribution < -0.4 is 4.72 Å². The number of aliphatic hydroxyl groups excluding tert-OH is 1. The third kappa shape index (κ3) is 3.81. The van der Waals surface area contributed by atoms with Crippen molar-refractivity contribution in [2.75, 3.05) is 0 Å². The number of ketones is 1. The number of Topliss-reactive ketones (excluding diaryl/α,β-unsaturated/α-hetero) is 1. The maximum atomic E-state index is 12.7. The number of nitrogens with one attached hydrogen (secondary N) is 1. The van der Waals surface area contributed by atoms with E-state index < -0.39 is 16.1 Å². The van der Waals surface area contributed by atoms with Crippen LogP contribution in [0, 0.1) is 5.92 Å². The largest absolute Gasteiger partial charge is 0.393 e. The number of hydrogen-bond acceptors (Lipinski definition) is 5. The lowest BCUT2D eigenvalue weighted by Gasteiger charge is -2.37. The van der Waals surface area contributed by atoms with Gasteiger partial charge in [0.05, 0.1) is 23.2 Å². The summed E-state index contributed by atoms with van der Waals surface area (Å²) in [5.74, 6) is -0.0981. The van der Waals surface area contributed by atoms with Crippen molar-refractivity contribution in [3.63, 3.8) is 0 Å². The Hall–Kier alpha value is -2.03. The number of nitrogens with zero attached hydrogens (tertiary/aromatic N) is 2. The fourth-order valence-corrected chi connectivity index (χ4v) is 4.34. The van der Waals surface area contributed by atoms with Gasteiger partial charge in [0.2, 0.25) is 10.0 Å². The molecule has 1 fully saturated rings. The highest BCUT2D eigenvalue weighted by Crippen LogP contribution is 2.38. The van der Waals surface area contributed by atoms with Crippen LogP contribution in [0.1, 0.15) is 41.7 Å². The van der Waals surface area contributed by atoms with Gasteiger partial charge in [-0.3, -0.25) is 9.48 Å². The number of aromatic nitrogens is 2. The minimum atomic E-state index is -3.76. The first-order valence-corrected chi connectivity index (χ1v) is 9.54. The molecule has 1 saturated carbocycles. The molecule has 2 aromatic rings. The normalized spacial score (nSPS) is 21.6. The SMILES string of the molecule is CC(=O)c1ccc(S(=O)(=O)N[C@H](c2cnn(C)c2)C2CC(O)C2)cc1. The van der Waals surface area contributed by atoms with Gasteiger partial charge in [0.15, 0.2) is 5.78 Å². The Morgan fingerprint density at radius 3 is 2.44 bits per heavy atom. The van der Waals surface area contributed by atoms with Gasteiger partial charge in [-0.15, -0.1) is 0 Å². The highest BCUT2D eigenvalue weighted by Gasteiger charge is 2.37. The number of aliphatic hydroxyl groups is 1. The predicted molar refractivity (Wildman–Crippen MR) is 91.4 cm³/mol. The number of hydrogen-bond donors (Lipinski definition) is 2. The molecular weight excluding hydrogens is 342 g/mol. The van der Waals surface area contributed by atoms with Crippen LogP contribution in [0.3, 0.4) is 0 Å². The summed E-state index contributed by atoms with van der Waals surface area (Å²) in [7, 11) is -1.99. The number of sulfonamides is 1. The Bertz CT molecular complexity index is 868. The molecule has 25 heavy (non-hydrogen) atoms. The van der Waals surface area contributed by atoms with Gasteiger partial charge < -0.3 is 5.11 Å². The van der Waals surface area contributed by atoms with E-state index in [1.54, 1.807) is 24.1 Å². The van der Waals surface area contributed by atoms with E-state index in [1.807, 2.05) is 0 Å². The number of aryl methyl sites for hydroxylation is 1. The average molecular weight is 363 g/mol. The quantitative estimate of drug-likeness (QED) is 0.756. The fourth-order valence-electron chi connectivity index (χ4n) is 3.04. The second-order valence-electron chi connectivity index (χ2n) is 6.51. The highest BCUT2D eigenvalue weighted by molar-refractivity contribution is 7.89. The van der Waals surface area contributed by atoms with Crippen LogP contribution in [-0.4, -0.2) is 35.2 Å². The molecule has 8 heteroatoms. The second kappa shape index (κ2) is 6.70. The van der Waals surface area contributed by atoms with Gasteiger partial charge in [0, 0.05) is 24.4 Å². The first-order valence-electron chi connectivity index (χ1n) is 8.06. The summed E-state index contributed by atoms with van der Waals surface area (Å²) >= 11 is 0. The first kappa shape index (κ1) is 17.8. The van der Waals surface area contributed by atoms with Gasteiger partial charge >= 0.3 is 0 Å². The van der Waals surface area contributed by atoms with Crippen molar-refractivity contribution in [2.24, 2.45) is 13.0 Å². The minimum Gasteiger partial charge on any atom is -0.393 e. The Morgan fingerprint density at radius 1 is 1.32 bits per heavy atom. The standard InChI is InChI=1S/C17H21N3O4S/c1-11(21)12-3-5-16(6-4-12)25(23,24)19-17(13-7-15(22)8-13)14-9-18-20(2)10-14/h3-6,9-10,13,15,17,19,22H,7-8H2,1-2H3/t13?,15?,17-/m0/s1. The van der Waals surface area contributed by atoms with Crippen LogP contribution in [0.15, 0.2) is 41.6 Å². The first-order chi connectivity index (χ1) is 11.8. The third-order valence-electron chi connectivity index (χ3n) is 4.56. The molecule has 0 unspecified atom stereocenters. The molecule has 1 atom stereocenters. The van der Waals surface area contributed by atoms with E-state index in [9.17, 15) is 18.3 Å². The Kier molecular flexibility index (Phi) is 4.77. The molecule has 0 amide bonds. The number of benzene rings is 1. The zero-order chi connectivity index (χ0) is 18.2. The predicted octanol–water partition coefficient (Wildman–Crippen LogP) is 1.41. The molecule has 1 aliphatic rings. The maximum Gasteiger partial charge on any atom is 0.241 e. The number of rotatable bonds is 6. The molecule has 0 bridgehead atoms. The van der Waals surface area contributed by atoms with Crippen molar-refractivity contribution in [1.82, 2.24) is 14.5 Å². The summed E-state index contributed by atoms with van der Waals surface area (Å²) in [4.78, 5) is 11.4. The van der Waals surface area contributed by atoms with Gasteiger partial charge in [-0.2, -0.15) is 5.10 Å². The summed E-state index contributed by atoms with van der Waals surface area (Å²) in [6, 6.07) is 5.41. The minimum absolute atomic E-state index is 0.0190. The van der Waals surface area contributed by atoms with E-state index in [2.05, 4.69) is 9.82 Å². The molecule has 1 aromatic carbocycles. The average Bonchev–Trinajstić information content (AvgIpc) is 2.96. The van der Waals surface area contributed by atoms with Gasteiger partial charge in [-0.05, 0) is 37.8 Å². The van der Waals surface area contributed by atoms with Gasteiger partial charge in [0.1, 0.15) is 0 Å². The van der Waals surface area contributed by atoms with Crippen molar-refractivity contribution in [1.29, 1.82) is 0 Å². The van der Waals surface area contributed by atoms with E-state index in [-0.39, 0.29) is 22.7 Å². The lowest BCUT2D eigenvalue weighted by atomic mass is 9.76. The smallest absolute Gasteiger partial charge is 0.241 e. The highest BCUT2D eigenvalue weighted by atomic mass is 32.2. The summed E-state index contributed by atoms with van der Waals surface area (Å²) < 4.78 is 29.8. The van der Waals surface area contributed by atoms with Gasteiger partial charge in [-0.25, -0.2) is 13.1 Å². The molecule has 7 nitrogen and oxygen atoms in total. The third-order valence-corrected chi connectivity index (χ3v) is 6.02. The van der Waals surface area contributed by atoms with Crippen LogP contribution >= 0.6 is 0 Å². The summed E-state index contributed by atoms with van der Waals surface area (Å²) in [5, 5.41) is 13.7. The van der Waals surface area contributed by atoms with Crippen molar-refractivity contribution in [3.8, 4) is 0 Å². The Labute approximate surface area is 146 Å². The van der Waals surface area contributed by atoms with Crippen molar-refractivity contribution in [3.05, 3.63) is 47.8 Å². The Morgan fingerprint density at radius 2 is 1.96 bits per heavy atom. The van der Waals surface area contributed by atoms with Gasteiger partial charge in [0.25, 0.3) is 0 Å². The van der Waals surface area contributed by atoms with E-state index in [0.29, 0.717) is 18.4 Å². The fraction of sp³-hybridized carbons (Fsp3) is 0.412. The second-order valence-corrected chi connectivity index (χ2v) is 8.23. The molecule has 0 spiro atoms. The maximum absolute atomic E-state index is 12.7. The van der Waals surface area contributed by atoms with Crippen LogP contribution in [0.25, 0.3) is 0 Å². The van der Waals surface area contributed by atoms with E-state index >= 15 is 0 Å². The number of carbonyl (C=O) groups excluding carboxylic acids is 1. The van der Waals surface area contributed by atoms with E-state index in [0.717, 1.165) is 5.56 Å². The Balaban J connectivity index is 1.86. The molecule has 0 radical (unpaired) electrons. The van der Waals surface area contributed by atoms with Crippen molar-refractivity contribution >= 4 is 15.8 Å². The summed E-state index contributed by atoms with van der Waals surface area (Å²) in [6.07, 6.45) is 4.12. The zero-order valence-corrected chi connectivity index (χ0v) is 14.9. The number of carbonyl (C=O) groups is 1. The molecule has 1 heterocycles. The van der Waals surface area contributed by atoms with Crippen LogP contribution in [0.5, 0.6) is 0 Å². The molecule has 2 N–H and O–H groups in total. The van der Waals surface area contributed by atoms with Crippen molar-refractivity contribution < 1.29 is 18.3 Å². The summed E-state index contributed by atoms with van der Waals surface area (Å²) in [5.41, 5.74) is 1.23. The lowest BCUT2D eigenvalue weighted by Crippen LogP contribution is -2.41. The topological polar surface area (TPSA) is 101 Å².